The molecule has 0 amide bonds. The first-order valence-electron chi connectivity index (χ1n) is 11.5. The maximum atomic E-state index is 2.41. The molecule has 0 radical (unpaired) electrons. The van der Waals surface area contributed by atoms with E-state index >= 15 is 0 Å². The van der Waals surface area contributed by atoms with Crippen molar-refractivity contribution >= 4 is 23.2 Å². The van der Waals surface area contributed by atoms with E-state index in [1.807, 2.05) is 0 Å². The Morgan fingerprint density at radius 2 is 0.706 bits per heavy atom. The molecule has 0 saturated carbocycles. The van der Waals surface area contributed by atoms with E-state index in [9.17, 15) is 0 Å². The summed E-state index contributed by atoms with van der Waals surface area (Å²) in [6.45, 7) is 2.41. The molecular weight excluding hydrogens is 542 g/mol. The molecule has 0 unspecified atom stereocenters. The van der Waals surface area contributed by atoms with Gasteiger partial charge in [-0.25, -0.2) is 0 Å². The van der Waals surface area contributed by atoms with E-state index in [1.165, 1.54) is 38.2 Å². The number of halogens is 1. The van der Waals surface area contributed by atoms with Crippen molar-refractivity contribution in [2.24, 2.45) is 0 Å². The van der Waals surface area contributed by atoms with Crippen LogP contribution in [0.15, 0.2) is 140 Å². The van der Waals surface area contributed by atoms with Gasteiger partial charge in [0.2, 0.25) is 0 Å². The highest BCUT2D eigenvalue weighted by Gasteiger charge is 2.39. The van der Waals surface area contributed by atoms with Crippen molar-refractivity contribution in [3.05, 3.63) is 151 Å². The van der Waals surface area contributed by atoms with Crippen molar-refractivity contribution in [3.8, 4) is 11.1 Å². The quantitative estimate of drug-likeness (QED) is 0.224. The third-order valence-electron chi connectivity index (χ3n) is 6.52. The van der Waals surface area contributed by atoms with Gasteiger partial charge >= 0.3 is 0 Å². The summed E-state index contributed by atoms with van der Waals surface area (Å²) in [7, 11) is -1.53. The zero-order chi connectivity index (χ0) is 22.5. The largest absolute Gasteiger partial charge is 1.00 e. The van der Waals surface area contributed by atoms with Crippen molar-refractivity contribution in [1.82, 2.24) is 0 Å². The van der Waals surface area contributed by atoms with Gasteiger partial charge in [0.25, 0.3) is 0 Å². The van der Waals surface area contributed by atoms with Gasteiger partial charge in [-0.3, -0.25) is 0 Å². The summed E-state index contributed by atoms with van der Waals surface area (Å²) in [5.74, 6) is 0. The summed E-state index contributed by atoms with van der Waals surface area (Å²) in [4.78, 5) is 0. The molecule has 1 aliphatic rings. The topological polar surface area (TPSA) is 0 Å². The monoisotopic (exact) mass is 570 g/mol. The molecule has 6 rings (SSSR count). The zero-order valence-electron chi connectivity index (χ0n) is 19.3. The molecular formula is C32H28IP. The Morgan fingerprint density at radius 1 is 0.412 bits per heavy atom. The Hall–Kier alpha value is -2.74. The molecule has 0 aliphatic heterocycles. The van der Waals surface area contributed by atoms with Crippen LogP contribution < -0.4 is 39.9 Å². The molecule has 168 valence electrons. The van der Waals surface area contributed by atoms with Crippen LogP contribution in [0.3, 0.4) is 0 Å². The van der Waals surface area contributed by atoms with Crippen molar-refractivity contribution in [1.29, 1.82) is 0 Å². The first kappa shape index (κ1) is 24.4. The predicted octanol–water partition coefficient (Wildman–Crippen LogP) is 3.87. The second kappa shape index (κ2) is 11.1. The lowest BCUT2D eigenvalue weighted by Crippen LogP contribution is -3.00. The molecule has 1 aliphatic carbocycles. The molecule has 34 heavy (non-hydrogen) atoms. The molecule has 0 nitrogen and oxygen atoms in total. The fourth-order valence-electron chi connectivity index (χ4n) is 4.71. The first-order valence-corrected chi connectivity index (χ1v) is 13.7. The minimum atomic E-state index is -1.53. The summed E-state index contributed by atoms with van der Waals surface area (Å²) >= 11 is 0. The van der Waals surface area contributed by atoms with Gasteiger partial charge in [-0.1, -0.05) is 103 Å². The number of benzene rings is 5. The molecule has 0 heterocycles. The molecule has 5 aromatic carbocycles. The maximum Gasteiger partial charge on any atom is 0.109 e. The summed E-state index contributed by atoms with van der Waals surface area (Å²) in [5, 5.41) is 4.28. The highest BCUT2D eigenvalue weighted by Crippen LogP contribution is 2.51. The highest BCUT2D eigenvalue weighted by atomic mass is 127. The van der Waals surface area contributed by atoms with Crippen LogP contribution in [0, 0.1) is 0 Å². The Labute approximate surface area is 221 Å². The maximum absolute atomic E-state index is 2.41. The summed E-state index contributed by atoms with van der Waals surface area (Å²) in [5.41, 5.74) is 5.75. The molecule has 2 heteroatoms. The fraction of sp³-hybridized carbons (Fsp3) is 0.0625. The van der Waals surface area contributed by atoms with Crippen LogP contribution in [0.5, 0.6) is 0 Å². The van der Waals surface area contributed by atoms with Crippen molar-refractivity contribution in [2.45, 2.75) is 6.42 Å². The van der Waals surface area contributed by atoms with Gasteiger partial charge in [-0.2, -0.15) is 0 Å². The Balaban J connectivity index is 0.000000169. The van der Waals surface area contributed by atoms with Gasteiger partial charge in [0.1, 0.15) is 23.2 Å². The zero-order valence-corrected chi connectivity index (χ0v) is 22.4. The van der Waals surface area contributed by atoms with Gasteiger partial charge < -0.3 is 24.0 Å². The summed E-state index contributed by atoms with van der Waals surface area (Å²) in [6, 6.07) is 49.9. The molecule has 0 bridgehead atoms. The van der Waals surface area contributed by atoms with Crippen LogP contribution in [-0.4, -0.2) is 6.66 Å². The molecule has 0 saturated heterocycles. The van der Waals surface area contributed by atoms with Crippen molar-refractivity contribution < 1.29 is 24.0 Å². The van der Waals surface area contributed by atoms with Crippen LogP contribution in [0.4, 0.5) is 0 Å². The highest BCUT2D eigenvalue weighted by molar-refractivity contribution is 7.95. The minimum Gasteiger partial charge on any atom is -1.00 e. The Kier molecular flexibility index (Phi) is 7.98. The summed E-state index contributed by atoms with van der Waals surface area (Å²) < 4.78 is 0. The number of rotatable bonds is 3. The van der Waals surface area contributed by atoms with Gasteiger partial charge in [0.15, 0.2) is 0 Å². The lowest BCUT2D eigenvalue weighted by molar-refractivity contribution is -0.00000637. The molecule has 0 aromatic heterocycles. The second-order valence-corrected chi connectivity index (χ2v) is 12.1. The van der Waals surface area contributed by atoms with E-state index in [-0.39, 0.29) is 24.0 Å². The molecule has 0 spiro atoms. The number of hydrogen-bond acceptors (Lipinski definition) is 0. The molecule has 0 fully saturated rings. The van der Waals surface area contributed by atoms with Crippen LogP contribution >= 0.6 is 7.26 Å². The number of fused-ring (bicyclic) bond motifs is 3. The van der Waals surface area contributed by atoms with E-state index in [0.29, 0.717) is 0 Å². The van der Waals surface area contributed by atoms with Crippen LogP contribution in [-0.2, 0) is 6.42 Å². The third-order valence-corrected chi connectivity index (χ3v) is 10.5. The van der Waals surface area contributed by atoms with E-state index in [2.05, 4.69) is 146 Å². The van der Waals surface area contributed by atoms with Gasteiger partial charge in [0, 0.05) is 0 Å². The molecule has 0 N–H and O–H groups in total. The summed E-state index contributed by atoms with van der Waals surface area (Å²) in [6.07, 6.45) is 1.10. The van der Waals surface area contributed by atoms with E-state index < -0.39 is 7.26 Å². The predicted molar refractivity (Wildman–Crippen MR) is 146 cm³/mol. The van der Waals surface area contributed by atoms with Gasteiger partial charge in [-0.15, -0.1) is 0 Å². The minimum absolute atomic E-state index is 0. The Morgan fingerprint density at radius 3 is 1.06 bits per heavy atom. The standard InChI is InChI=1S/C19H18P.C13H10.HI/c1-20(17-11-5-2-6-12-17,18-13-7-3-8-14-18)19-15-9-4-10-16-19;1-3-7-12-10(5-1)9-11-6-2-4-8-13(11)12;/h2-16H,1H3;1-8H,9H2;1H/q+1;;/p-1. The first-order chi connectivity index (χ1) is 16.3. The van der Waals surface area contributed by atoms with Crippen LogP contribution in [0.2, 0.25) is 0 Å². The van der Waals surface area contributed by atoms with Crippen LogP contribution in [0.1, 0.15) is 11.1 Å². The Bertz CT molecular complexity index is 1190. The lowest BCUT2D eigenvalue weighted by Gasteiger charge is -2.22. The number of hydrogen-bond donors (Lipinski definition) is 0. The average Bonchev–Trinajstić information content (AvgIpc) is 3.29. The second-order valence-electron chi connectivity index (χ2n) is 8.50. The fourth-order valence-corrected chi connectivity index (χ4v) is 7.90. The van der Waals surface area contributed by atoms with E-state index in [4.69, 9.17) is 0 Å². The normalized spacial score (nSPS) is 11.3. The SMILES string of the molecule is C[P+](c1ccccc1)(c1ccccc1)c1ccccc1.[I-].c1ccc2c(c1)Cc1ccccc1-2. The van der Waals surface area contributed by atoms with Crippen molar-refractivity contribution in [2.75, 3.05) is 6.66 Å². The van der Waals surface area contributed by atoms with Gasteiger partial charge in [0.05, 0.1) is 6.66 Å². The van der Waals surface area contributed by atoms with Crippen LogP contribution in [0.25, 0.3) is 11.1 Å². The van der Waals surface area contributed by atoms with E-state index in [1.54, 1.807) is 0 Å². The van der Waals surface area contributed by atoms with E-state index in [0.717, 1.165) is 6.42 Å². The lowest BCUT2D eigenvalue weighted by atomic mass is 10.1. The van der Waals surface area contributed by atoms with Crippen molar-refractivity contribution in [3.63, 3.8) is 0 Å². The smallest absolute Gasteiger partial charge is 0.109 e. The molecule has 0 atom stereocenters. The van der Waals surface area contributed by atoms with Gasteiger partial charge in [-0.05, 0) is 65.1 Å². The average molecular weight is 570 g/mol. The third kappa shape index (κ3) is 4.87. The molecule has 5 aromatic rings.